The van der Waals surface area contributed by atoms with Gasteiger partial charge in [0, 0.05) is 24.5 Å². The predicted octanol–water partition coefficient (Wildman–Crippen LogP) is 3.90. The lowest BCUT2D eigenvalue weighted by Gasteiger charge is -2.09. The summed E-state index contributed by atoms with van der Waals surface area (Å²) in [5, 5.41) is 14.5. The summed E-state index contributed by atoms with van der Waals surface area (Å²) in [4.78, 5) is 26.8. The number of carbonyl (C=O) groups excluding carboxylic acids is 1. The Kier molecular flexibility index (Phi) is 5.48. The van der Waals surface area contributed by atoms with Gasteiger partial charge in [-0.05, 0) is 42.0 Å². The van der Waals surface area contributed by atoms with Gasteiger partial charge < -0.3 is 20.5 Å². The molecule has 0 saturated carbocycles. The van der Waals surface area contributed by atoms with Gasteiger partial charge in [-0.15, -0.1) is 0 Å². The standard InChI is InChI=1S/C20H15N5O4S/c26-19(27)18-10-15(7-8-21-18)29-14-4-1-12(2-5-14)11-22-20(28)23-13-3-6-16-17(9-13)25-30-24-16/h1-10H,11H2,(H,26,27)(H2,22,23,28). The number of carboxylic acids is 1. The maximum Gasteiger partial charge on any atom is 0.354 e. The molecule has 0 aliphatic rings. The third-order valence-corrected chi connectivity index (χ3v) is 4.63. The molecule has 3 N–H and O–H groups in total. The van der Waals surface area contributed by atoms with Crippen LogP contribution >= 0.6 is 11.7 Å². The quantitative estimate of drug-likeness (QED) is 0.431. The zero-order valence-corrected chi connectivity index (χ0v) is 16.2. The maximum atomic E-state index is 12.1. The number of ether oxygens (including phenoxy) is 1. The van der Waals surface area contributed by atoms with Gasteiger partial charge in [-0.2, -0.15) is 8.75 Å². The number of carbonyl (C=O) groups is 2. The number of fused-ring (bicyclic) bond motifs is 1. The Morgan fingerprint density at radius 1 is 0.967 bits per heavy atom. The number of benzene rings is 2. The first kappa shape index (κ1) is 19.3. The molecule has 150 valence electrons. The van der Waals surface area contributed by atoms with Gasteiger partial charge in [-0.3, -0.25) is 0 Å². The Morgan fingerprint density at radius 2 is 1.77 bits per heavy atom. The lowest BCUT2D eigenvalue weighted by atomic mass is 10.2. The Labute approximate surface area is 174 Å². The van der Waals surface area contributed by atoms with E-state index in [4.69, 9.17) is 9.84 Å². The van der Waals surface area contributed by atoms with Crippen LogP contribution in [0, 0.1) is 0 Å². The lowest BCUT2D eigenvalue weighted by Crippen LogP contribution is -2.28. The number of rotatable bonds is 6. The maximum absolute atomic E-state index is 12.1. The van der Waals surface area contributed by atoms with Crippen molar-refractivity contribution in [3.63, 3.8) is 0 Å². The Hall–Kier alpha value is -4.05. The summed E-state index contributed by atoms with van der Waals surface area (Å²) in [5.41, 5.74) is 2.94. The number of aromatic nitrogens is 3. The molecule has 4 rings (SSSR count). The molecule has 0 aliphatic carbocycles. The highest BCUT2D eigenvalue weighted by atomic mass is 32.1. The van der Waals surface area contributed by atoms with E-state index in [1.807, 2.05) is 12.1 Å². The third kappa shape index (κ3) is 4.67. The van der Waals surface area contributed by atoms with E-state index in [1.54, 1.807) is 36.4 Å². The number of carboxylic acid groups (broad SMARTS) is 1. The second kappa shape index (κ2) is 8.53. The van der Waals surface area contributed by atoms with Crippen LogP contribution in [0.5, 0.6) is 11.5 Å². The minimum absolute atomic E-state index is 0.0930. The number of aromatic carboxylic acids is 1. The molecule has 0 spiro atoms. The number of pyridine rings is 1. The van der Waals surface area contributed by atoms with Crippen molar-refractivity contribution in [2.75, 3.05) is 5.32 Å². The van der Waals surface area contributed by atoms with Gasteiger partial charge in [-0.1, -0.05) is 12.1 Å². The zero-order chi connectivity index (χ0) is 20.9. The Morgan fingerprint density at radius 3 is 2.57 bits per heavy atom. The molecule has 9 nitrogen and oxygen atoms in total. The van der Waals surface area contributed by atoms with Crippen LogP contribution in [0.4, 0.5) is 10.5 Å². The van der Waals surface area contributed by atoms with Crippen molar-refractivity contribution in [1.29, 1.82) is 0 Å². The molecule has 0 saturated heterocycles. The molecule has 0 fully saturated rings. The second-order valence-electron chi connectivity index (χ2n) is 6.20. The van der Waals surface area contributed by atoms with Gasteiger partial charge in [0.05, 0.1) is 11.7 Å². The van der Waals surface area contributed by atoms with Gasteiger partial charge in [0.2, 0.25) is 0 Å². The molecule has 0 aliphatic heterocycles. The van der Waals surface area contributed by atoms with Crippen molar-refractivity contribution in [2.45, 2.75) is 6.54 Å². The van der Waals surface area contributed by atoms with Crippen molar-refractivity contribution in [1.82, 2.24) is 19.0 Å². The van der Waals surface area contributed by atoms with Gasteiger partial charge in [0.1, 0.15) is 22.5 Å². The number of anilines is 1. The van der Waals surface area contributed by atoms with E-state index in [2.05, 4.69) is 24.4 Å². The molecular formula is C20H15N5O4S. The van der Waals surface area contributed by atoms with E-state index in [-0.39, 0.29) is 11.7 Å². The van der Waals surface area contributed by atoms with Gasteiger partial charge in [-0.25, -0.2) is 14.6 Å². The average Bonchev–Trinajstić information content (AvgIpc) is 3.21. The van der Waals surface area contributed by atoms with E-state index in [9.17, 15) is 9.59 Å². The molecule has 30 heavy (non-hydrogen) atoms. The summed E-state index contributed by atoms with van der Waals surface area (Å²) in [6.45, 7) is 0.324. The molecule has 0 radical (unpaired) electrons. The van der Waals surface area contributed by atoms with E-state index < -0.39 is 5.97 Å². The van der Waals surface area contributed by atoms with Crippen LogP contribution in [0.3, 0.4) is 0 Å². The average molecular weight is 421 g/mol. The minimum atomic E-state index is -1.12. The SMILES string of the molecule is O=C(NCc1ccc(Oc2ccnc(C(=O)O)c2)cc1)Nc1ccc2nsnc2c1. The smallest absolute Gasteiger partial charge is 0.354 e. The number of amides is 2. The van der Waals surface area contributed by atoms with Crippen LogP contribution in [-0.2, 0) is 6.54 Å². The topological polar surface area (TPSA) is 126 Å². The first-order valence-corrected chi connectivity index (χ1v) is 9.53. The Balaban J connectivity index is 1.31. The fraction of sp³-hybridized carbons (Fsp3) is 0.0500. The highest BCUT2D eigenvalue weighted by Gasteiger charge is 2.07. The number of urea groups is 1. The third-order valence-electron chi connectivity index (χ3n) is 4.07. The second-order valence-corrected chi connectivity index (χ2v) is 6.73. The minimum Gasteiger partial charge on any atom is -0.477 e. The summed E-state index contributed by atoms with van der Waals surface area (Å²) in [6.07, 6.45) is 1.37. The fourth-order valence-corrected chi connectivity index (χ4v) is 3.14. The van der Waals surface area contributed by atoms with Crippen LogP contribution < -0.4 is 15.4 Å². The van der Waals surface area contributed by atoms with Crippen molar-refractivity contribution >= 4 is 40.4 Å². The molecule has 2 amide bonds. The van der Waals surface area contributed by atoms with Gasteiger partial charge >= 0.3 is 12.0 Å². The summed E-state index contributed by atoms with van der Waals surface area (Å²) in [5.74, 6) is -0.209. The molecule has 4 aromatic rings. The molecule has 2 aromatic heterocycles. The summed E-state index contributed by atoms with van der Waals surface area (Å²) in [6, 6.07) is 15.0. The van der Waals surface area contributed by atoms with Gasteiger partial charge in [0.15, 0.2) is 5.69 Å². The monoisotopic (exact) mass is 421 g/mol. The van der Waals surface area contributed by atoms with E-state index in [0.29, 0.717) is 23.7 Å². The van der Waals surface area contributed by atoms with E-state index >= 15 is 0 Å². The van der Waals surface area contributed by atoms with Crippen LogP contribution in [0.1, 0.15) is 16.1 Å². The fourth-order valence-electron chi connectivity index (χ4n) is 2.62. The summed E-state index contributed by atoms with van der Waals surface area (Å²) in [7, 11) is 0. The van der Waals surface area contributed by atoms with Crippen molar-refractivity contribution < 1.29 is 19.4 Å². The lowest BCUT2D eigenvalue weighted by molar-refractivity contribution is 0.0690. The first-order chi connectivity index (χ1) is 14.6. The molecule has 2 heterocycles. The number of hydrogen-bond donors (Lipinski definition) is 3. The predicted molar refractivity (Wildman–Crippen MR) is 111 cm³/mol. The molecule has 0 unspecified atom stereocenters. The van der Waals surface area contributed by atoms with Crippen LogP contribution in [0.2, 0.25) is 0 Å². The molecule has 0 atom stereocenters. The summed E-state index contributed by atoms with van der Waals surface area (Å²) < 4.78 is 13.9. The van der Waals surface area contributed by atoms with Crippen molar-refractivity contribution in [3.8, 4) is 11.5 Å². The van der Waals surface area contributed by atoms with Crippen LogP contribution in [-0.4, -0.2) is 30.8 Å². The van der Waals surface area contributed by atoms with Crippen molar-refractivity contribution in [2.24, 2.45) is 0 Å². The molecular weight excluding hydrogens is 406 g/mol. The normalized spacial score (nSPS) is 10.5. The van der Waals surface area contributed by atoms with Crippen LogP contribution in [0.15, 0.2) is 60.8 Å². The zero-order valence-electron chi connectivity index (χ0n) is 15.4. The Bertz CT molecular complexity index is 1210. The highest BCUT2D eigenvalue weighted by Crippen LogP contribution is 2.22. The molecule has 2 aromatic carbocycles. The number of nitrogens with one attached hydrogen (secondary N) is 2. The largest absolute Gasteiger partial charge is 0.477 e. The van der Waals surface area contributed by atoms with Crippen LogP contribution in [0.25, 0.3) is 11.0 Å². The molecule has 10 heteroatoms. The first-order valence-electron chi connectivity index (χ1n) is 8.80. The summed E-state index contributed by atoms with van der Waals surface area (Å²) >= 11 is 1.12. The van der Waals surface area contributed by atoms with Gasteiger partial charge in [0.25, 0.3) is 0 Å². The van der Waals surface area contributed by atoms with E-state index in [1.165, 1.54) is 12.3 Å². The number of nitrogens with zero attached hydrogens (tertiary/aromatic N) is 3. The highest BCUT2D eigenvalue weighted by molar-refractivity contribution is 7.00. The number of hydrogen-bond acceptors (Lipinski definition) is 7. The van der Waals surface area contributed by atoms with Crippen molar-refractivity contribution in [3.05, 3.63) is 72.1 Å². The molecule has 0 bridgehead atoms. The van der Waals surface area contributed by atoms with E-state index in [0.717, 1.165) is 28.3 Å².